The SMILES string of the molecule is COC(=O)[C@@H]1C2[C@@H]3[C@H]4C([C@@H]1C(=O)OC)[C@H]1[C@@H]2C32CCCCC412. The Labute approximate surface area is 129 Å². The number of ether oxygens (including phenoxy) is 2. The summed E-state index contributed by atoms with van der Waals surface area (Å²) in [5, 5.41) is 0. The summed E-state index contributed by atoms with van der Waals surface area (Å²) in [6.07, 6.45) is 5.51. The minimum atomic E-state index is -0.226. The van der Waals surface area contributed by atoms with Gasteiger partial charge in [-0.3, -0.25) is 9.59 Å². The van der Waals surface area contributed by atoms with Crippen molar-refractivity contribution in [2.75, 3.05) is 14.2 Å². The molecule has 0 radical (unpaired) electrons. The van der Waals surface area contributed by atoms with E-state index in [1.165, 1.54) is 39.9 Å². The van der Waals surface area contributed by atoms with Gasteiger partial charge in [0.2, 0.25) is 0 Å². The number of methoxy groups -OCH3 is 2. The number of esters is 2. The summed E-state index contributed by atoms with van der Waals surface area (Å²) in [6, 6.07) is 0. The lowest BCUT2D eigenvalue weighted by Crippen LogP contribution is -3.03. The van der Waals surface area contributed by atoms with Gasteiger partial charge < -0.3 is 9.47 Å². The molecule has 7 aliphatic carbocycles. The van der Waals surface area contributed by atoms with Gasteiger partial charge in [0.05, 0.1) is 26.1 Å². The number of carbonyl (C=O) groups is 2. The molecule has 0 aromatic heterocycles. The van der Waals surface area contributed by atoms with E-state index in [1.807, 2.05) is 0 Å². The molecule has 0 aromatic rings. The fourth-order valence-electron chi connectivity index (χ4n) is 9.53. The van der Waals surface area contributed by atoms with Crippen LogP contribution in [0.2, 0.25) is 0 Å². The number of hydrogen-bond acceptors (Lipinski definition) is 4. The van der Waals surface area contributed by atoms with Gasteiger partial charge in [0, 0.05) is 0 Å². The third kappa shape index (κ3) is 0.771. The first kappa shape index (κ1) is 12.4. The van der Waals surface area contributed by atoms with E-state index >= 15 is 0 Å². The van der Waals surface area contributed by atoms with Crippen LogP contribution in [0.3, 0.4) is 0 Å². The van der Waals surface area contributed by atoms with Crippen LogP contribution in [0, 0.1) is 58.2 Å². The average molecular weight is 302 g/mol. The second-order valence-electron chi connectivity index (χ2n) is 8.64. The fourth-order valence-corrected chi connectivity index (χ4v) is 9.53. The maximum Gasteiger partial charge on any atom is 0.309 e. The van der Waals surface area contributed by atoms with Crippen molar-refractivity contribution in [2.24, 2.45) is 58.2 Å². The lowest BCUT2D eigenvalue weighted by molar-refractivity contribution is -0.592. The van der Waals surface area contributed by atoms with Crippen molar-refractivity contribution in [3.8, 4) is 0 Å². The van der Waals surface area contributed by atoms with Crippen LogP contribution in [0.1, 0.15) is 25.7 Å². The normalized spacial score (nSPS) is 63.9. The third-order valence-electron chi connectivity index (χ3n) is 9.27. The molecule has 0 N–H and O–H groups in total. The molecule has 118 valence electrons. The second-order valence-corrected chi connectivity index (χ2v) is 8.64. The quantitative estimate of drug-likeness (QED) is 0.731. The standard InChI is InChI=1S/C18H22O4/c1-21-15(19)7-8(16(20)22-2)10-13-11-9(7)12-14(10)18(13)6-4-3-5-17(11,12)18/h7-14H,3-6H2,1-2H3/t7-,8+,9?,10?,11-,12+,13-,14-,17?,18?/m1/s1. The lowest BCUT2D eigenvalue weighted by atomic mass is 8.98. The Morgan fingerprint density at radius 1 is 0.773 bits per heavy atom. The second kappa shape index (κ2) is 3.25. The zero-order valence-electron chi connectivity index (χ0n) is 13.1. The highest BCUT2D eigenvalue weighted by Gasteiger charge is 3.03. The minimum absolute atomic E-state index is 0.169. The summed E-state index contributed by atoms with van der Waals surface area (Å²) in [7, 11) is 2.91. The van der Waals surface area contributed by atoms with Gasteiger partial charge in [-0.25, -0.2) is 0 Å². The predicted molar refractivity (Wildman–Crippen MR) is 75.3 cm³/mol. The van der Waals surface area contributed by atoms with Crippen molar-refractivity contribution < 1.29 is 19.1 Å². The Balaban J connectivity index is 1.45. The van der Waals surface area contributed by atoms with Crippen molar-refractivity contribution in [3.05, 3.63) is 0 Å². The molecule has 10 atom stereocenters. The van der Waals surface area contributed by atoms with Gasteiger partial charge in [0.25, 0.3) is 0 Å². The molecule has 4 heteroatoms. The van der Waals surface area contributed by atoms with Crippen LogP contribution in [-0.2, 0) is 19.1 Å². The molecule has 2 bridgehead atoms. The van der Waals surface area contributed by atoms with Crippen LogP contribution in [0.25, 0.3) is 0 Å². The van der Waals surface area contributed by atoms with E-state index < -0.39 is 0 Å². The number of fused-ring (bicyclic) bond motifs is 1. The third-order valence-corrected chi connectivity index (χ3v) is 9.27. The number of carbonyl (C=O) groups excluding carboxylic acids is 2. The minimum Gasteiger partial charge on any atom is -0.469 e. The van der Waals surface area contributed by atoms with Crippen LogP contribution in [0.5, 0.6) is 0 Å². The van der Waals surface area contributed by atoms with Crippen LogP contribution >= 0.6 is 0 Å². The van der Waals surface area contributed by atoms with Gasteiger partial charge in [0.15, 0.2) is 0 Å². The van der Waals surface area contributed by atoms with Crippen molar-refractivity contribution >= 4 is 11.9 Å². The molecule has 0 amide bonds. The molecule has 2 spiro atoms. The van der Waals surface area contributed by atoms with Gasteiger partial charge in [-0.05, 0) is 59.2 Å². The molecule has 7 saturated carbocycles. The first-order valence-electron chi connectivity index (χ1n) is 8.82. The smallest absolute Gasteiger partial charge is 0.309 e. The van der Waals surface area contributed by atoms with Crippen molar-refractivity contribution in [2.45, 2.75) is 25.7 Å². The first-order chi connectivity index (χ1) is 10.7. The Morgan fingerprint density at radius 3 is 1.45 bits per heavy atom. The van der Waals surface area contributed by atoms with Gasteiger partial charge in [-0.15, -0.1) is 0 Å². The lowest BCUT2D eigenvalue weighted by Gasteiger charge is -3.05. The van der Waals surface area contributed by atoms with E-state index in [9.17, 15) is 9.59 Å². The largest absolute Gasteiger partial charge is 0.469 e. The Hall–Kier alpha value is -1.06. The van der Waals surface area contributed by atoms with Crippen LogP contribution in [0.4, 0.5) is 0 Å². The Bertz CT molecular complexity index is 551. The van der Waals surface area contributed by atoms with Crippen LogP contribution in [-0.4, -0.2) is 26.2 Å². The van der Waals surface area contributed by atoms with E-state index in [0.29, 0.717) is 22.7 Å². The van der Waals surface area contributed by atoms with Gasteiger partial charge in [0.1, 0.15) is 0 Å². The highest BCUT2D eigenvalue weighted by atomic mass is 16.5. The molecule has 7 rings (SSSR count). The van der Waals surface area contributed by atoms with Crippen molar-refractivity contribution in [3.63, 3.8) is 0 Å². The molecule has 4 unspecified atom stereocenters. The maximum absolute atomic E-state index is 12.4. The average Bonchev–Trinajstić information content (AvgIpc) is 2.55. The molecule has 0 aromatic carbocycles. The molecule has 0 saturated heterocycles. The summed E-state index contributed by atoms with van der Waals surface area (Å²) in [5.41, 5.74) is 1.18. The van der Waals surface area contributed by atoms with Crippen LogP contribution in [0.15, 0.2) is 0 Å². The molecule has 0 heterocycles. The highest BCUT2D eigenvalue weighted by molar-refractivity contribution is 5.85. The summed E-state index contributed by atoms with van der Waals surface area (Å²) < 4.78 is 10.2. The van der Waals surface area contributed by atoms with Gasteiger partial charge >= 0.3 is 11.9 Å². The van der Waals surface area contributed by atoms with E-state index in [2.05, 4.69) is 0 Å². The van der Waals surface area contributed by atoms with Crippen molar-refractivity contribution in [1.82, 2.24) is 0 Å². The molecule has 4 nitrogen and oxygen atoms in total. The van der Waals surface area contributed by atoms with Gasteiger partial charge in [-0.2, -0.15) is 0 Å². The topological polar surface area (TPSA) is 52.6 Å². The summed E-state index contributed by atoms with van der Waals surface area (Å²) >= 11 is 0. The monoisotopic (exact) mass is 302 g/mol. The summed E-state index contributed by atoms with van der Waals surface area (Å²) in [6.45, 7) is 0. The predicted octanol–water partition coefficient (Wildman–Crippen LogP) is 1.88. The Kier molecular flexibility index (Phi) is 1.83. The van der Waals surface area contributed by atoms with E-state index in [4.69, 9.17) is 9.47 Å². The number of rotatable bonds is 2. The van der Waals surface area contributed by atoms with Crippen LogP contribution < -0.4 is 0 Å². The van der Waals surface area contributed by atoms with Crippen molar-refractivity contribution in [1.29, 1.82) is 0 Å². The number of hydrogen-bond donors (Lipinski definition) is 0. The van der Waals surface area contributed by atoms with E-state index in [0.717, 1.165) is 23.7 Å². The first-order valence-corrected chi connectivity index (χ1v) is 8.82. The summed E-state index contributed by atoms with van der Waals surface area (Å²) in [5.74, 6) is 2.92. The molecule has 22 heavy (non-hydrogen) atoms. The maximum atomic E-state index is 12.4. The fraction of sp³-hybridized carbons (Fsp3) is 0.889. The molecule has 7 aliphatic rings. The molecule has 7 fully saturated rings. The van der Waals surface area contributed by atoms with Gasteiger partial charge in [-0.1, -0.05) is 12.8 Å². The summed E-state index contributed by atoms with van der Waals surface area (Å²) in [4.78, 5) is 24.8. The molecular formula is C18H22O4. The molecule has 0 aliphatic heterocycles. The van der Waals surface area contributed by atoms with E-state index in [-0.39, 0.29) is 23.8 Å². The highest BCUT2D eigenvalue weighted by Crippen LogP contribution is 3.05. The zero-order valence-corrected chi connectivity index (χ0v) is 13.1. The Morgan fingerprint density at radius 2 is 1.14 bits per heavy atom. The zero-order chi connectivity index (χ0) is 15.0. The molecular weight excluding hydrogens is 280 g/mol. The van der Waals surface area contributed by atoms with E-state index in [1.54, 1.807) is 0 Å².